The average molecular weight is 358 g/mol. The van der Waals surface area contributed by atoms with Crippen LogP contribution in [0.1, 0.15) is 15.9 Å². The summed E-state index contributed by atoms with van der Waals surface area (Å²) in [7, 11) is -0.480. The van der Waals surface area contributed by atoms with Crippen molar-refractivity contribution >= 4 is 26.8 Å². The van der Waals surface area contributed by atoms with Gasteiger partial charge < -0.3 is 5.32 Å². The van der Waals surface area contributed by atoms with Crippen molar-refractivity contribution in [3.63, 3.8) is 0 Å². The first-order valence-electron chi connectivity index (χ1n) is 7.61. The number of carbonyl (C=O) groups excluding carboxylic acids is 1. The molecule has 0 spiro atoms. The molecule has 0 aliphatic rings. The Bertz CT molecular complexity index is 1010. The lowest BCUT2D eigenvalue weighted by atomic mass is 10.1. The third-order valence-corrected chi connectivity index (χ3v) is 5.71. The Hall–Kier alpha value is -2.71. The number of aromatic nitrogens is 2. The van der Waals surface area contributed by atoms with E-state index in [2.05, 4.69) is 15.5 Å². The lowest BCUT2D eigenvalue weighted by Gasteiger charge is -2.12. The van der Waals surface area contributed by atoms with Gasteiger partial charge in [0.1, 0.15) is 0 Å². The predicted octanol–water partition coefficient (Wildman–Crippen LogP) is 1.74. The number of para-hydroxylation sites is 1. The van der Waals surface area contributed by atoms with Crippen LogP contribution in [0.3, 0.4) is 0 Å². The molecule has 25 heavy (non-hydrogen) atoms. The number of rotatable bonds is 5. The van der Waals surface area contributed by atoms with Crippen molar-refractivity contribution in [1.82, 2.24) is 19.8 Å². The van der Waals surface area contributed by atoms with Gasteiger partial charge in [-0.1, -0.05) is 24.3 Å². The fraction of sp³-hybridized carbons (Fsp3) is 0.176. The van der Waals surface area contributed by atoms with E-state index in [1.807, 2.05) is 6.07 Å². The summed E-state index contributed by atoms with van der Waals surface area (Å²) < 4.78 is 25.2. The Balaban J connectivity index is 1.72. The van der Waals surface area contributed by atoms with Gasteiger partial charge in [0.05, 0.1) is 22.2 Å². The number of hydrogen-bond acceptors (Lipinski definition) is 4. The Morgan fingerprint density at radius 3 is 2.56 bits per heavy atom. The van der Waals surface area contributed by atoms with Gasteiger partial charge in [-0.05, 0) is 23.8 Å². The summed E-state index contributed by atoms with van der Waals surface area (Å²) in [5, 5.41) is 10.5. The second-order valence-corrected chi connectivity index (χ2v) is 7.91. The standard InChI is InChI=1S/C17H18N4O3S/c1-21(2)25(23,24)14-8-6-12(7-9-14)10-18-17(22)15-5-3-4-13-11-19-20-16(13)15/h3-9,11H,10H2,1-2H3,(H,18,22)(H,19,20). The second-order valence-electron chi connectivity index (χ2n) is 5.75. The van der Waals surface area contributed by atoms with Gasteiger partial charge >= 0.3 is 0 Å². The minimum absolute atomic E-state index is 0.217. The van der Waals surface area contributed by atoms with E-state index in [4.69, 9.17) is 0 Å². The number of nitrogens with one attached hydrogen (secondary N) is 2. The molecular formula is C17H18N4O3S. The largest absolute Gasteiger partial charge is 0.348 e. The van der Waals surface area contributed by atoms with Crippen LogP contribution in [-0.2, 0) is 16.6 Å². The van der Waals surface area contributed by atoms with Gasteiger partial charge in [0.25, 0.3) is 5.91 Å². The van der Waals surface area contributed by atoms with E-state index in [1.54, 1.807) is 30.5 Å². The zero-order chi connectivity index (χ0) is 18.0. The summed E-state index contributed by atoms with van der Waals surface area (Å²) in [4.78, 5) is 12.6. The van der Waals surface area contributed by atoms with Crippen LogP contribution < -0.4 is 5.32 Å². The molecule has 0 saturated carbocycles. The number of aromatic amines is 1. The smallest absolute Gasteiger partial charge is 0.253 e. The normalized spacial score (nSPS) is 11.8. The molecule has 0 atom stereocenters. The van der Waals surface area contributed by atoms with Crippen molar-refractivity contribution in [2.75, 3.05) is 14.1 Å². The number of carbonyl (C=O) groups is 1. The molecule has 1 heterocycles. The number of fused-ring (bicyclic) bond motifs is 1. The molecule has 0 aliphatic heterocycles. The highest BCUT2D eigenvalue weighted by Gasteiger charge is 2.16. The Morgan fingerprint density at radius 1 is 1.16 bits per heavy atom. The van der Waals surface area contributed by atoms with E-state index in [-0.39, 0.29) is 10.8 Å². The van der Waals surface area contributed by atoms with Crippen molar-refractivity contribution in [3.05, 3.63) is 59.8 Å². The van der Waals surface area contributed by atoms with Gasteiger partial charge in [0, 0.05) is 26.0 Å². The second kappa shape index (κ2) is 6.66. The van der Waals surface area contributed by atoms with E-state index in [1.165, 1.54) is 26.2 Å². The quantitative estimate of drug-likeness (QED) is 0.726. The van der Waals surface area contributed by atoms with E-state index < -0.39 is 10.0 Å². The summed E-state index contributed by atoms with van der Waals surface area (Å²) >= 11 is 0. The molecule has 0 unspecified atom stereocenters. The first-order chi connectivity index (χ1) is 11.9. The summed E-state index contributed by atoms with van der Waals surface area (Å²) in [5.41, 5.74) is 2.01. The molecule has 130 valence electrons. The fourth-order valence-electron chi connectivity index (χ4n) is 2.43. The number of hydrogen-bond donors (Lipinski definition) is 2. The monoisotopic (exact) mass is 358 g/mol. The lowest BCUT2D eigenvalue weighted by molar-refractivity contribution is 0.0952. The highest BCUT2D eigenvalue weighted by atomic mass is 32.2. The van der Waals surface area contributed by atoms with Crippen LogP contribution in [0.4, 0.5) is 0 Å². The van der Waals surface area contributed by atoms with Crippen LogP contribution in [0.15, 0.2) is 53.6 Å². The molecule has 8 heteroatoms. The van der Waals surface area contributed by atoms with E-state index in [0.717, 1.165) is 15.3 Å². The molecule has 1 amide bonds. The summed E-state index contributed by atoms with van der Waals surface area (Å²) in [6.07, 6.45) is 1.66. The molecule has 0 aliphatic carbocycles. The van der Waals surface area contributed by atoms with Crippen LogP contribution in [0.2, 0.25) is 0 Å². The zero-order valence-corrected chi connectivity index (χ0v) is 14.7. The SMILES string of the molecule is CN(C)S(=O)(=O)c1ccc(CNC(=O)c2cccc3cn[nH]c23)cc1. The minimum atomic E-state index is -3.45. The number of benzene rings is 2. The van der Waals surface area contributed by atoms with Crippen molar-refractivity contribution in [2.24, 2.45) is 0 Å². The maximum absolute atomic E-state index is 12.4. The van der Waals surface area contributed by atoms with Gasteiger partial charge in [0.2, 0.25) is 10.0 Å². The average Bonchev–Trinajstić information content (AvgIpc) is 3.08. The third-order valence-electron chi connectivity index (χ3n) is 3.88. The van der Waals surface area contributed by atoms with Gasteiger partial charge in [-0.15, -0.1) is 0 Å². The molecular weight excluding hydrogens is 340 g/mol. The molecule has 1 aromatic heterocycles. The number of amides is 1. The lowest BCUT2D eigenvalue weighted by Crippen LogP contribution is -2.23. The molecule has 2 N–H and O–H groups in total. The predicted molar refractivity (Wildman–Crippen MR) is 94.6 cm³/mol. The van der Waals surface area contributed by atoms with Gasteiger partial charge in [-0.3, -0.25) is 9.89 Å². The molecule has 0 radical (unpaired) electrons. The highest BCUT2D eigenvalue weighted by Crippen LogP contribution is 2.16. The Morgan fingerprint density at radius 2 is 1.88 bits per heavy atom. The van der Waals surface area contributed by atoms with Crippen molar-refractivity contribution < 1.29 is 13.2 Å². The molecule has 7 nitrogen and oxygen atoms in total. The summed E-state index contributed by atoms with van der Waals surface area (Å²) in [6.45, 7) is 0.297. The van der Waals surface area contributed by atoms with Crippen LogP contribution in [-0.4, -0.2) is 42.9 Å². The van der Waals surface area contributed by atoms with Crippen LogP contribution in [0.5, 0.6) is 0 Å². The number of nitrogens with zero attached hydrogens (tertiary/aromatic N) is 2. The highest BCUT2D eigenvalue weighted by molar-refractivity contribution is 7.89. The van der Waals surface area contributed by atoms with E-state index >= 15 is 0 Å². The van der Waals surface area contributed by atoms with Crippen LogP contribution in [0, 0.1) is 0 Å². The third kappa shape index (κ3) is 3.40. The first-order valence-corrected chi connectivity index (χ1v) is 9.05. The number of sulfonamides is 1. The molecule has 2 aromatic carbocycles. The van der Waals surface area contributed by atoms with Crippen LogP contribution >= 0.6 is 0 Å². The van der Waals surface area contributed by atoms with Crippen LogP contribution in [0.25, 0.3) is 10.9 Å². The topological polar surface area (TPSA) is 95.2 Å². The molecule has 0 fully saturated rings. The molecule has 3 aromatic rings. The zero-order valence-electron chi connectivity index (χ0n) is 13.9. The molecule has 0 saturated heterocycles. The van der Waals surface area contributed by atoms with E-state index in [9.17, 15) is 13.2 Å². The summed E-state index contributed by atoms with van der Waals surface area (Å²) in [6, 6.07) is 11.8. The fourth-order valence-corrected chi connectivity index (χ4v) is 3.33. The van der Waals surface area contributed by atoms with Crippen molar-refractivity contribution in [3.8, 4) is 0 Å². The maximum atomic E-state index is 12.4. The summed E-state index contributed by atoms with van der Waals surface area (Å²) in [5.74, 6) is -0.222. The Kier molecular flexibility index (Phi) is 4.56. The van der Waals surface area contributed by atoms with Gasteiger partial charge in [-0.2, -0.15) is 5.10 Å². The van der Waals surface area contributed by atoms with Gasteiger partial charge in [-0.25, -0.2) is 12.7 Å². The number of H-pyrrole nitrogens is 1. The molecule has 3 rings (SSSR count). The Labute approximate surface area is 145 Å². The van der Waals surface area contributed by atoms with Gasteiger partial charge in [0.15, 0.2) is 0 Å². The maximum Gasteiger partial charge on any atom is 0.253 e. The molecule has 0 bridgehead atoms. The van der Waals surface area contributed by atoms with Crippen molar-refractivity contribution in [2.45, 2.75) is 11.4 Å². The first kappa shape index (κ1) is 17.1. The minimum Gasteiger partial charge on any atom is -0.348 e. The van der Waals surface area contributed by atoms with E-state index in [0.29, 0.717) is 17.6 Å². The van der Waals surface area contributed by atoms with Crippen molar-refractivity contribution in [1.29, 1.82) is 0 Å².